The lowest BCUT2D eigenvalue weighted by Crippen LogP contribution is -2.07. The van der Waals surface area contributed by atoms with Gasteiger partial charge in [0, 0.05) is 30.9 Å². The standard InChI is InChI=1S/C15H15N5O/c1-10(18-14-9-16-7-8-17-14)12-3-5-13(6-4-12)15-19-11(2)21-20-15/h3-10H,1-2H3,(H,17,18)/t10-/m1/s1. The molecule has 0 saturated carbocycles. The molecule has 1 aromatic carbocycles. The predicted molar refractivity (Wildman–Crippen MR) is 78.5 cm³/mol. The van der Waals surface area contributed by atoms with Gasteiger partial charge < -0.3 is 9.84 Å². The fourth-order valence-electron chi connectivity index (χ4n) is 2.02. The zero-order chi connectivity index (χ0) is 14.7. The van der Waals surface area contributed by atoms with Crippen molar-refractivity contribution in [2.24, 2.45) is 0 Å². The number of aryl methyl sites for hydroxylation is 1. The highest BCUT2D eigenvalue weighted by Crippen LogP contribution is 2.21. The lowest BCUT2D eigenvalue weighted by Gasteiger charge is -2.14. The highest BCUT2D eigenvalue weighted by Gasteiger charge is 2.09. The SMILES string of the molecule is Cc1nc(-c2ccc([C@@H](C)Nc3cnccn3)cc2)no1. The van der Waals surface area contributed by atoms with Crippen molar-refractivity contribution in [1.82, 2.24) is 20.1 Å². The van der Waals surface area contributed by atoms with Crippen molar-refractivity contribution in [2.45, 2.75) is 19.9 Å². The van der Waals surface area contributed by atoms with Crippen LogP contribution in [0.4, 0.5) is 5.82 Å². The van der Waals surface area contributed by atoms with Crippen molar-refractivity contribution in [3.05, 3.63) is 54.3 Å². The molecule has 1 atom stereocenters. The van der Waals surface area contributed by atoms with Crippen LogP contribution in [0.3, 0.4) is 0 Å². The van der Waals surface area contributed by atoms with Gasteiger partial charge in [-0.15, -0.1) is 0 Å². The van der Waals surface area contributed by atoms with E-state index in [0.29, 0.717) is 11.7 Å². The molecule has 0 radical (unpaired) electrons. The molecule has 21 heavy (non-hydrogen) atoms. The largest absolute Gasteiger partial charge is 0.362 e. The first kappa shape index (κ1) is 13.2. The molecule has 6 heteroatoms. The van der Waals surface area contributed by atoms with E-state index >= 15 is 0 Å². The average Bonchev–Trinajstić information content (AvgIpc) is 2.95. The molecule has 0 aliphatic carbocycles. The molecular weight excluding hydrogens is 266 g/mol. The second-order valence-corrected chi connectivity index (χ2v) is 4.72. The van der Waals surface area contributed by atoms with Crippen LogP contribution >= 0.6 is 0 Å². The van der Waals surface area contributed by atoms with E-state index in [1.807, 2.05) is 24.3 Å². The van der Waals surface area contributed by atoms with Crippen LogP contribution < -0.4 is 5.32 Å². The van der Waals surface area contributed by atoms with Crippen molar-refractivity contribution in [2.75, 3.05) is 5.32 Å². The first-order valence-electron chi connectivity index (χ1n) is 6.65. The van der Waals surface area contributed by atoms with E-state index in [-0.39, 0.29) is 6.04 Å². The van der Waals surface area contributed by atoms with E-state index in [4.69, 9.17) is 4.52 Å². The van der Waals surface area contributed by atoms with Crippen LogP contribution in [0.2, 0.25) is 0 Å². The monoisotopic (exact) mass is 281 g/mol. The van der Waals surface area contributed by atoms with Crippen LogP contribution in [0.15, 0.2) is 47.4 Å². The summed E-state index contributed by atoms with van der Waals surface area (Å²) in [6.45, 7) is 3.85. The highest BCUT2D eigenvalue weighted by molar-refractivity contribution is 5.55. The van der Waals surface area contributed by atoms with Gasteiger partial charge in [0.15, 0.2) is 0 Å². The molecule has 0 amide bonds. The fraction of sp³-hybridized carbons (Fsp3) is 0.200. The molecule has 6 nitrogen and oxygen atoms in total. The quantitative estimate of drug-likeness (QED) is 0.792. The molecule has 0 unspecified atom stereocenters. The van der Waals surface area contributed by atoms with Gasteiger partial charge in [-0.1, -0.05) is 29.4 Å². The van der Waals surface area contributed by atoms with Gasteiger partial charge in [0.2, 0.25) is 11.7 Å². The first-order chi connectivity index (χ1) is 10.2. The summed E-state index contributed by atoms with van der Waals surface area (Å²) in [5.41, 5.74) is 2.08. The normalized spacial score (nSPS) is 12.1. The molecule has 0 saturated heterocycles. The van der Waals surface area contributed by atoms with Gasteiger partial charge in [-0.25, -0.2) is 4.98 Å². The maximum atomic E-state index is 4.99. The predicted octanol–water partition coefficient (Wildman–Crippen LogP) is 3.01. The Morgan fingerprint density at radius 3 is 2.57 bits per heavy atom. The smallest absolute Gasteiger partial charge is 0.223 e. The lowest BCUT2D eigenvalue weighted by atomic mass is 10.1. The number of rotatable bonds is 4. The Balaban J connectivity index is 1.74. The van der Waals surface area contributed by atoms with Crippen LogP contribution in [0, 0.1) is 6.92 Å². The Labute approximate surface area is 122 Å². The van der Waals surface area contributed by atoms with Gasteiger partial charge in [-0.05, 0) is 12.5 Å². The van der Waals surface area contributed by atoms with Crippen LogP contribution in [-0.4, -0.2) is 20.1 Å². The molecule has 1 N–H and O–H groups in total. The van der Waals surface area contributed by atoms with Crippen molar-refractivity contribution in [1.29, 1.82) is 0 Å². The number of aromatic nitrogens is 4. The summed E-state index contributed by atoms with van der Waals surface area (Å²) in [6, 6.07) is 8.16. The highest BCUT2D eigenvalue weighted by atomic mass is 16.5. The number of hydrogen-bond acceptors (Lipinski definition) is 6. The third-order valence-electron chi connectivity index (χ3n) is 3.12. The van der Waals surface area contributed by atoms with Gasteiger partial charge in [0.05, 0.1) is 6.20 Å². The number of benzene rings is 1. The Hall–Kier alpha value is -2.76. The summed E-state index contributed by atoms with van der Waals surface area (Å²) in [7, 11) is 0. The molecule has 0 aliphatic rings. The minimum atomic E-state index is 0.128. The summed E-state index contributed by atoms with van der Waals surface area (Å²) >= 11 is 0. The number of nitrogens with zero attached hydrogens (tertiary/aromatic N) is 4. The summed E-state index contributed by atoms with van der Waals surface area (Å²) in [5, 5.41) is 7.21. The molecule has 2 heterocycles. The minimum absolute atomic E-state index is 0.128. The molecule has 106 valence electrons. The molecule has 2 aromatic heterocycles. The molecule has 3 aromatic rings. The van der Waals surface area contributed by atoms with E-state index in [1.165, 1.54) is 0 Å². The van der Waals surface area contributed by atoms with E-state index in [0.717, 1.165) is 16.9 Å². The van der Waals surface area contributed by atoms with Crippen molar-refractivity contribution < 1.29 is 4.52 Å². The fourth-order valence-corrected chi connectivity index (χ4v) is 2.02. The van der Waals surface area contributed by atoms with Crippen LogP contribution in [0.1, 0.15) is 24.4 Å². The Kier molecular flexibility index (Phi) is 3.59. The lowest BCUT2D eigenvalue weighted by molar-refractivity contribution is 0.394. The molecule has 0 spiro atoms. The number of hydrogen-bond donors (Lipinski definition) is 1. The third kappa shape index (κ3) is 3.05. The maximum Gasteiger partial charge on any atom is 0.223 e. The zero-order valence-electron chi connectivity index (χ0n) is 11.8. The van der Waals surface area contributed by atoms with E-state index in [1.54, 1.807) is 25.5 Å². The van der Waals surface area contributed by atoms with Gasteiger partial charge in [0.1, 0.15) is 5.82 Å². The minimum Gasteiger partial charge on any atom is -0.362 e. The van der Waals surface area contributed by atoms with Crippen molar-refractivity contribution >= 4 is 5.82 Å². The summed E-state index contributed by atoms with van der Waals surface area (Å²) < 4.78 is 4.99. The first-order valence-corrected chi connectivity index (χ1v) is 6.65. The van der Waals surface area contributed by atoms with Gasteiger partial charge in [-0.3, -0.25) is 4.98 Å². The van der Waals surface area contributed by atoms with Crippen molar-refractivity contribution in [3.8, 4) is 11.4 Å². The molecule has 3 rings (SSSR count). The summed E-state index contributed by atoms with van der Waals surface area (Å²) in [4.78, 5) is 12.5. The van der Waals surface area contributed by atoms with E-state index < -0.39 is 0 Å². The Morgan fingerprint density at radius 2 is 1.95 bits per heavy atom. The molecular formula is C15H15N5O. The number of anilines is 1. The topological polar surface area (TPSA) is 76.7 Å². The maximum absolute atomic E-state index is 4.99. The second kappa shape index (κ2) is 5.70. The Morgan fingerprint density at radius 1 is 1.14 bits per heavy atom. The third-order valence-corrected chi connectivity index (χ3v) is 3.12. The van der Waals surface area contributed by atoms with E-state index in [9.17, 15) is 0 Å². The molecule has 0 bridgehead atoms. The molecule has 0 fully saturated rings. The van der Waals surface area contributed by atoms with Gasteiger partial charge >= 0.3 is 0 Å². The Bertz CT molecular complexity index is 708. The van der Waals surface area contributed by atoms with Crippen LogP contribution in [0.25, 0.3) is 11.4 Å². The summed E-state index contributed by atoms with van der Waals surface area (Å²) in [6.07, 6.45) is 5.02. The average molecular weight is 281 g/mol. The van der Waals surface area contributed by atoms with Crippen LogP contribution in [0.5, 0.6) is 0 Å². The van der Waals surface area contributed by atoms with Crippen molar-refractivity contribution in [3.63, 3.8) is 0 Å². The zero-order valence-corrected chi connectivity index (χ0v) is 11.8. The number of nitrogens with one attached hydrogen (secondary N) is 1. The molecule has 0 aliphatic heterocycles. The van der Waals surface area contributed by atoms with E-state index in [2.05, 4.69) is 32.3 Å². The van der Waals surface area contributed by atoms with Crippen LogP contribution in [-0.2, 0) is 0 Å². The second-order valence-electron chi connectivity index (χ2n) is 4.72. The summed E-state index contributed by atoms with van der Waals surface area (Å²) in [5.74, 6) is 1.92. The van der Waals surface area contributed by atoms with Gasteiger partial charge in [0.25, 0.3) is 0 Å². The van der Waals surface area contributed by atoms with Gasteiger partial charge in [-0.2, -0.15) is 4.98 Å².